The summed E-state index contributed by atoms with van der Waals surface area (Å²) in [6, 6.07) is 9.61. The molecule has 3 rings (SSSR count). The summed E-state index contributed by atoms with van der Waals surface area (Å²) < 4.78 is 22.2. The van der Waals surface area contributed by atoms with Crippen molar-refractivity contribution in [2.24, 2.45) is 5.10 Å². The minimum absolute atomic E-state index is 0.209. The average molecular weight is 682 g/mol. The van der Waals surface area contributed by atoms with Gasteiger partial charge in [0.05, 0.1) is 35.1 Å². The van der Waals surface area contributed by atoms with Crippen LogP contribution < -0.4 is 30.3 Å². The van der Waals surface area contributed by atoms with Gasteiger partial charge in [-0.3, -0.25) is 4.79 Å². The summed E-state index contributed by atoms with van der Waals surface area (Å²) in [5.74, 6) is -1.16. The summed E-state index contributed by atoms with van der Waals surface area (Å²) in [5.41, 5.74) is 4.48. The molecule has 0 spiro atoms. The van der Waals surface area contributed by atoms with Crippen LogP contribution >= 0.6 is 34.8 Å². The fourth-order valence-electron chi connectivity index (χ4n) is 3.70. The molecule has 0 unspecified atom stereocenters. The topological polar surface area (TPSA) is 157 Å². The molecule has 0 aromatic heterocycles. The normalized spacial score (nSPS) is 14.7. The molecule has 1 heterocycles. The standard InChI is InChI=1S/C26H27IN4O8S/c1-4-37-25(35)22-14(2)29-26(40)30-23(22)16-7-5-6-8-18(16)38-12-20(32)31-28-11-15-9-17(27)24(19(10-15)36-3)39-13-21(33)34/h5-11,23H,4,12-13H2,1-3H3,(H,31,32)(H,33,34)(H2,29,30,40)/t23-/m1/s1. The van der Waals surface area contributed by atoms with E-state index in [0.717, 1.165) is 0 Å². The molecule has 4 N–H and O–H groups in total. The number of esters is 1. The minimum Gasteiger partial charge on any atom is -0.493 e. The Hall–Kier alpha value is -3.92. The molecule has 0 bridgehead atoms. The summed E-state index contributed by atoms with van der Waals surface area (Å²) in [6.07, 6.45) is 1.40. The van der Waals surface area contributed by atoms with Crippen LogP contribution in [-0.4, -0.2) is 61.2 Å². The highest BCUT2D eigenvalue weighted by molar-refractivity contribution is 14.1. The lowest BCUT2D eigenvalue weighted by molar-refractivity contribution is -0.140. The predicted molar refractivity (Wildman–Crippen MR) is 157 cm³/mol. The fraction of sp³-hybridized carbons (Fsp3) is 0.269. The highest BCUT2D eigenvalue weighted by Gasteiger charge is 2.32. The summed E-state index contributed by atoms with van der Waals surface area (Å²) in [4.78, 5) is 36.0. The number of hydrogen-bond acceptors (Lipinski definition) is 9. The van der Waals surface area contributed by atoms with E-state index < -0.39 is 30.5 Å². The monoisotopic (exact) mass is 682 g/mol. The van der Waals surface area contributed by atoms with E-state index >= 15 is 0 Å². The van der Waals surface area contributed by atoms with E-state index in [2.05, 4.69) is 21.2 Å². The van der Waals surface area contributed by atoms with E-state index in [1.54, 1.807) is 50.2 Å². The maximum atomic E-state index is 12.7. The number of rotatable bonds is 12. The van der Waals surface area contributed by atoms with E-state index in [0.29, 0.717) is 48.3 Å². The highest BCUT2D eigenvalue weighted by atomic mass is 127. The van der Waals surface area contributed by atoms with Crippen molar-refractivity contribution in [3.63, 3.8) is 0 Å². The Balaban J connectivity index is 1.69. The predicted octanol–water partition coefficient (Wildman–Crippen LogP) is 2.65. The van der Waals surface area contributed by atoms with Gasteiger partial charge in [0.15, 0.2) is 29.8 Å². The number of carbonyl (C=O) groups excluding carboxylic acids is 2. The molecule has 1 aliphatic heterocycles. The summed E-state index contributed by atoms with van der Waals surface area (Å²) in [7, 11) is 1.43. The maximum absolute atomic E-state index is 12.7. The molecule has 1 amide bonds. The van der Waals surface area contributed by atoms with E-state index in [1.165, 1.54) is 13.3 Å². The first kappa shape index (κ1) is 30.6. The van der Waals surface area contributed by atoms with Gasteiger partial charge in [-0.05, 0) is 72.4 Å². The first-order valence-corrected chi connectivity index (χ1v) is 13.3. The number of aliphatic carboxylic acids is 1. The highest BCUT2D eigenvalue weighted by Crippen LogP contribution is 2.34. The van der Waals surface area contributed by atoms with Gasteiger partial charge in [-0.2, -0.15) is 5.10 Å². The number of benzene rings is 2. The van der Waals surface area contributed by atoms with Crippen LogP contribution in [0.5, 0.6) is 17.2 Å². The number of carboxylic acids is 1. The Morgan fingerprint density at radius 1 is 1.18 bits per heavy atom. The molecule has 0 saturated heterocycles. The summed E-state index contributed by atoms with van der Waals surface area (Å²) >= 11 is 7.27. The van der Waals surface area contributed by atoms with Gasteiger partial charge in [0, 0.05) is 11.3 Å². The maximum Gasteiger partial charge on any atom is 0.341 e. The van der Waals surface area contributed by atoms with Crippen molar-refractivity contribution in [2.45, 2.75) is 19.9 Å². The van der Waals surface area contributed by atoms with Crippen molar-refractivity contribution in [2.75, 3.05) is 26.9 Å². The molecule has 0 radical (unpaired) electrons. The van der Waals surface area contributed by atoms with Crippen molar-refractivity contribution >= 4 is 64.0 Å². The third-order valence-corrected chi connectivity index (χ3v) is 6.37. The number of thiocarbonyl (C=S) groups is 1. The Kier molecular flexibility index (Phi) is 11.1. The molecule has 2 aromatic rings. The third-order valence-electron chi connectivity index (χ3n) is 5.35. The van der Waals surface area contributed by atoms with Crippen LogP contribution in [-0.2, 0) is 19.1 Å². The number of hydrazone groups is 1. The number of allylic oxidation sites excluding steroid dienone is 1. The Bertz CT molecular complexity index is 1360. The first-order valence-electron chi connectivity index (χ1n) is 11.9. The second kappa shape index (κ2) is 14.5. The third kappa shape index (κ3) is 8.05. The molecule has 14 heteroatoms. The zero-order chi connectivity index (χ0) is 29.2. The second-order valence-corrected chi connectivity index (χ2v) is 9.70. The average Bonchev–Trinajstić information content (AvgIpc) is 2.90. The van der Waals surface area contributed by atoms with Gasteiger partial charge in [-0.15, -0.1) is 0 Å². The van der Waals surface area contributed by atoms with Crippen LogP contribution in [0.15, 0.2) is 52.8 Å². The first-order chi connectivity index (χ1) is 19.1. The van der Waals surface area contributed by atoms with E-state index in [4.69, 9.17) is 36.3 Å². The molecule has 0 saturated carbocycles. The number of nitrogens with one attached hydrogen (secondary N) is 3. The number of nitrogens with zero attached hydrogens (tertiary/aromatic N) is 1. The van der Waals surface area contributed by atoms with Crippen molar-refractivity contribution in [3.8, 4) is 17.2 Å². The second-order valence-electron chi connectivity index (χ2n) is 8.13. The Morgan fingerprint density at radius 3 is 2.62 bits per heavy atom. The van der Waals surface area contributed by atoms with Gasteiger partial charge in [0.1, 0.15) is 5.75 Å². The zero-order valence-electron chi connectivity index (χ0n) is 21.8. The number of carbonyl (C=O) groups is 3. The van der Waals surface area contributed by atoms with Crippen molar-refractivity contribution in [1.82, 2.24) is 16.1 Å². The minimum atomic E-state index is -1.11. The van der Waals surface area contributed by atoms with Crippen LogP contribution in [0.1, 0.15) is 31.0 Å². The molecule has 40 heavy (non-hydrogen) atoms. The Labute approximate surface area is 249 Å². The lowest BCUT2D eigenvalue weighted by atomic mass is 9.95. The van der Waals surface area contributed by atoms with Gasteiger partial charge in [0.25, 0.3) is 5.91 Å². The largest absolute Gasteiger partial charge is 0.493 e. The SMILES string of the molecule is CCOC(=O)C1=C(C)NC(=S)N[C@@H]1c1ccccc1OCC(=O)NN=Cc1cc(I)c(OCC(=O)O)c(OC)c1. The number of ether oxygens (including phenoxy) is 4. The number of amides is 1. The van der Waals surface area contributed by atoms with Crippen LogP contribution in [0, 0.1) is 3.57 Å². The smallest absolute Gasteiger partial charge is 0.341 e. The lowest BCUT2D eigenvalue weighted by Gasteiger charge is -2.30. The zero-order valence-corrected chi connectivity index (χ0v) is 24.8. The number of carboxylic acid groups (broad SMARTS) is 1. The fourth-order valence-corrected chi connectivity index (χ4v) is 4.75. The van der Waals surface area contributed by atoms with Crippen LogP contribution in [0.2, 0.25) is 0 Å². The quantitative estimate of drug-likeness (QED) is 0.0859. The number of methoxy groups -OCH3 is 1. The van der Waals surface area contributed by atoms with Gasteiger partial charge in [-0.25, -0.2) is 15.0 Å². The van der Waals surface area contributed by atoms with Crippen LogP contribution in [0.3, 0.4) is 0 Å². The molecule has 212 valence electrons. The Morgan fingerprint density at radius 2 is 1.93 bits per heavy atom. The lowest BCUT2D eigenvalue weighted by Crippen LogP contribution is -2.45. The van der Waals surface area contributed by atoms with E-state index in [1.807, 2.05) is 22.6 Å². The summed E-state index contributed by atoms with van der Waals surface area (Å²) in [5, 5.41) is 19.2. The van der Waals surface area contributed by atoms with Crippen LogP contribution in [0.25, 0.3) is 0 Å². The summed E-state index contributed by atoms with van der Waals surface area (Å²) in [6.45, 7) is 2.79. The van der Waals surface area contributed by atoms with Crippen LogP contribution in [0.4, 0.5) is 0 Å². The molecular weight excluding hydrogens is 655 g/mol. The molecule has 0 aliphatic carbocycles. The van der Waals surface area contributed by atoms with Crippen molar-refractivity contribution in [1.29, 1.82) is 0 Å². The number of hydrogen-bond donors (Lipinski definition) is 4. The number of halogens is 1. The molecule has 2 aromatic carbocycles. The molecular formula is C26H27IN4O8S. The number of para-hydroxylation sites is 1. The van der Waals surface area contributed by atoms with Gasteiger partial charge >= 0.3 is 11.9 Å². The van der Waals surface area contributed by atoms with Crippen molar-refractivity contribution in [3.05, 3.63) is 62.4 Å². The molecule has 12 nitrogen and oxygen atoms in total. The van der Waals surface area contributed by atoms with Gasteiger partial charge in [-0.1, -0.05) is 18.2 Å². The van der Waals surface area contributed by atoms with E-state index in [9.17, 15) is 14.4 Å². The molecule has 1 atom stereocenters. The van der Waals surface area contributed by atoms with Crippen molar-refractivity contribution < 1.29 is 38.4 Å². The van der Waals surface area contributed by atoms with E-state index in [-0.39, 0.29) is 13.2 Å². The molecule has 1 aliphatic rings. The molecule has 0 fully saturated rings. The van der Waals surface area contributed by atoms with Gasteiger partial charge in [0.2, 0.25) is 0 Å². The van der Waals surface area contributed by atoms with Gasteiger partial charge < -0.3 is 34.7 Å².